The molecule has 1 saturated heterocycles. The predicted octanol–water partition coefficient (Wildman–Crippen LogP) is 1.86. The van der Waals surface area contributed by atoms with E-state index in [0.717, 1.165) is 5.69 Å². The number of hydrogen-bond donors (Lipinski definition) is 5. The lowest BCUT2D eigenvalue weighted by molar-refractivity contribution is -0.0423. The number of carbonyl (C=O) groups is 1. The van der Waals surface area contributed by atoms with Gasteiger partial charge in [0, 0.05) is 18.3 Å². The smallest absolute Gasteiger partial charge is 0.319 e. The van der Waals surface area contributed by atoms with Crippen LogP contribution in [0.1, 0.15) is 45.9 Å². The maximum atomic E-state index is 12.4. The van der Waals surface area contributed by atoms with Crippen molar-refractivity contribution in [1.29, 1.82) is 0 Å². The van der Waals surface area contributed by atoms with Crippen molar-refractivity contribution in [2.75, 3.05) is 31.2 Å². The van der Waals surface area contributed by atoms with Gasteiger partial charge in [-0.3, -0.25) is 4.57 Å². The molecular weight excluding hydrogens is 488 g/mol. The largest absolute Gasteiger partial charge is 0.387 e. The lowest BCUT2D eigenvalue weighted by Gasteiger charge is -2.24. The number of nitrogens with two attached hydrogens (primary N) is 1. The fraction of sp³-hybridized carbons (Fsp3) is 0.538. The van der Waals surface area contributed by atoms with Gasteiger partial charge in [-0.15, -0.1) is 0 Å². The number of anilines is 2. The fourth-order valence-electron chi connectivity index (χ4n) is 4.50. The number of fused-ring (bicyclic) bond motifs is 1. The molecule has 3 aromatic rings. The maximum absolute atomic E-state index is 12.4. The summed E-state index contributed by atoms with van der Waals surface area (Å²) in [6.45, 7) is 9.41. The van der Waals surface area contributed by atoms with Crippen LogP contribution >= 0.6 is 0 Å². The zero-order valence-corrected chi connectivity index (χ0v) is 22.5. The van der Waals surface area contributed by atoms with Crippen LogP contribution in [0.5, 0.6) is 0 Å². The molecule has 1 aromatic carbocycles. The summed E-state index contributed by atoms with van der Waals surface area (Å²) in [4.78, 5) is 26.7. The van der Waals surface area contributed by atoms with Crippen LogP contribution in [-0.2, 0) is 10.2 Å². The SMILES string of the molecule is C[C@@H](CCN(C)C[C@H]1O[C@@H](n2cnc3c(N)ncnc32)[C@H](O)[C@H]1O)NC(=O)Nc1ccc(C(C)(C)C)cc1. The fourth-order valence-corrected chi connectivity index (χ4v) is 4.50. The van der Waals surface area contributed by atoms with Crippen LogP contribution in [0, 0.1) is 0 Å². The lowest BCUT2D eigenvalue weighted by Crippen LogP contribution is -2.41. The molecule has 1 aliphatic rings. The molecule has 6 N–H and O–H groups in total. The molecule has 206 valence electrons. The average Bonchev–Trinajstić information content (AvgIpc) is 3.40. The van der Waals surface area contributed by atoms with E-state index in [9.17, 15) is 15.0 Å². The van der Waals surface area contributed by atoms with Crippen molar-refractivity contribution < 1.29 is 19.7 Å². The molecule has 0 saturated carbocycles. The number of rotatable bonds is 8. The van der Waals surface area contributed by atoms with Gasteiger partial charge in [0.1, 0.15) is 30.2 Å². The number of carbonyl (C=O) groups excluding carboxylic acids is 1. The number of amides is 2. The first-order valence-electron chi connectivity index (χ1n) is 12.7. The predicted molar refractivity (Wildman–Crippen MR) is 145 cm³/mol. The second-order valence-electron chi connectivity index (χ2n) is 11.0. The summed E-state index contributed by atoms with van der Waals surface area (Å²) in [6, 6.07) is 7.51. The van der Waals surface area contributed by atoms with Gasteiger partial charge in [-0.1, -0.05) is 32.9 Å². The van der Waals surface area contributed by atoms with Gasteiger partial charge in [-0.25, -0.2) is 19.7 Å². The molecule has 0 bridgehead atoms. The van der Waals surface area contributed by atoms with Crippen molar-refractivity contribution in [3.05, 3.63) is 42.5 Å². The monoisotopic (exact) mass is 526 g/mol. The van der Waals surface area contributed by atoms with E-state index in [0.29, 0.717) is 30.7 Å². The van der Waals surface area contributed by atoms with E-state index < -0.39 is 24.5 Å². The highest BCUT2D eigenvalue weighted by atomic mass is 16.6. The molecule has 2 amide bonds. The number of imidazole rings is 1. The molecule has 1 aliphatic heterocycles. The van der Waals surface area contributed by atoms with Gasteiger partial charge < -0.3 is 36.2 Å². The van der Waals surface area contributed by atoms with Crippen molar-refractivity contribution in [3.8, 4) is 0 Å². The number of benzene rings is 1. The first-order chi connectivity index (χ1) is 17.9. The van der Waals surface area contributed by atoms with E-state index in [1.165, 1.54) is 18.2 Å². The first kappa shape index (κ1) is 27.7. The minimum absolute atomic E-state index is 0.0528. The molecular formula is C26H38N8O4. The Balaban J connectivity index is 1.25. The minimum atomic E-state index is -1.16. The van der Waals surface area contributed by atoms with Gasteiger partial charge in [0.2, 0.25) is 0 Å². The molecule has 2 aromatic heterocycles. The quantitative estimate of drug-likeness (QED) is 0.295. The number of likely N-dealkylation sites (N-methyl/N-ethyl adjacent to an activating group) is 1. The van der Waals surface area contributed by atoms with Crippen molar-refractivity contribution in [3.63, 3.8) is 0 Å². The third-order valence-corrected chi connectivity index (χ3v) is 6.82. The van der Waals surface area contributed by atoms with Crippen molar-refractivity contribution >= 4 is 28.7 Å². The molecule has 3 heterocycles. The Morgan fingerprint density at radius 3 is 2.58 bits per heavy atom. The molecule has 12 heteroatoms. The van der Waals surface area contributed by atoms with Gasteiger partial charge in [-0.2, -0.15) is 0 Å². The Bertz CT molecular complexity index is 1240. The number of aliphatic hydroxyl groups is 2. The second-order valence-corrected chi connectivity index (χ2v) is 11.0. The van der Waals surface area contributed by atoms with E-state index >= 15 is 0 Å². The average molecular weight is 527 g/mol. The lowest BCUT2D eigenvalue weighted by atomic mass is 9.87. The molecule has 4 rings (SSSR count). The molecule has 0 unspecified atom stereocenters. The number of aliphatic hydroxyl groups excluding tert-OH is 2. The molecule has 12 nitrogen and oxygen atoms in total. The highest BCUT2D eigenvalue weighted by Crippen LogP contribution is 2.32. The summed E-state index contributed by atoms with van der Waals surface area (Å²) in [6.07, 6.45) is -0.265. The number of ether oxygens (including phenoxy) is 1. The topological polar surface area (TPSA) is 164 Å². The summed E-state index contributed by atoms with van der Waals surface area (Å²) < 4.78 is 7.57. The second kappa shape index (κ2) is 11.2. The van der Waals surface area contributed by atoms with Gasteiger partial charge in [0.25, 0.3) is 0 Å². The number of nitrogens with one attached hydrogen (secondary N) is 2. The maximum Gasteiger partial charge on any atom is 0.319 e. The molecule has 38 heavy (non-hydrogen) atoms. The number of aromatic nitrogens is 4. The highest BCUT2D eigenvalue weighted by Gasteiger charge is 2.44. The molecule has 0 aliphatic carbocycles. The first-order valence-corrected chi connectivity index (χ1v) is 12.7. The number of nitrogen functional groups attached to an aromatic ring is 1. The van der Waals surface area contributed by atoms with E-state index in [2.05, 4.69) is 46.4 Å². The third-order valence-electron chi connectivity index (χ3n) is 6.82. The van der Waals surface area contributed by atoms with Crippen LogP contribution in [0.15, 0.2) is 36.9 Å². The van der Waals surface area contributed by atoms with Crippen LogP contribution < -0.4 is 16.4 Å². The number of hydrogen-bond acceptors (Lipinski definition) is 9. The molecule has 5 atom stereocenters. The molecule has 0 spiro atoms. The van der Waals surface area contributed by atoms with Crippen molar-refractivity contribution in [2.24, 2.45) is 0 Å². The Morgan fingerprint density at radius 1 is 1.18 bits per heavy atom. The normalized spacial score (nSPS) is 22.6. The third kappa shape index (κ3) is 6.21. The Labute approximate surface area is 222 Å². The van der Waals surface area contributed by atoms with Crippen LogP contribution in [0.4, 0.5) is 16.3 Å². The zero-order valence-electron chi connectivity index (χ0n) is 22.5. The summed E-state index contributed by atoms with van der Waals surface area (Å²) >= 11 is 0. The zero-order chi connectivity index (χ0) is 27.6. The minimum Gasteiger partial charge on any atom is -0.387 e. The van der Waals surface area contributed by atoms with Crippen LogP contribution in [-0.4, -0.2) is 85.2 Å². The van der Waals surface area contributed by atoms with E-state index in [-0.39, 0.29) is 23.3 Å². The Morgan fingerprint density at radius 2 is 1.89 bits per heavy atom. The summed E-state index contributed by atoms with van der Waals surface area (Å²) in [5.74, 6) is 0.230. The van der Waals surface area contributed by atoms with Crippen molar-refractivity contribution in [2.45, 2.75) is 70.1 Å². The van der Waals surface area contributed by atoms with E-state index in [4.69, 9.17) is 10.5 Å². The summed E-state index contributed by atoms with van der Waals surface area (Å²) in [5, 5.41) is 27.1. The Kier molecular flexibility index (Phi) is 8.16. The highest BCUT2D eigenvalue weighted by molar-refractivity contribution is 5.89. The molecule has 1 fully saturated rings. The summed E-state index contributed by atoms with van der Waals surface area (Å²) in [5.41, 5.74) is 8.67. The Hall–Kier alpha value is -3.32. The van der Waals surface area contributed by atoms with Crippen LogP contribution in [0.3, 0.4) is 0 Å². The van der Waals surface area contributed by atoms with Gasteiger partial charge >= 0.3 is 6.03 Å². The van der Waals surface area contributed by atoms with E-state index in [1.54, 1.807) is 4.57 Å². The van der Waals surface area contributed by atoms with Gasteiger partial charge in [0.05, 0.1) is 6.33 Å². The van der Waals surface area contributed by atoms with Gasteiger partial charge in [0.15, 0.2) is 17.7 Å². The van der Waals surface area contributed by atoms with Crippen LogP contribution in [0.25, 0.3) is 11.2 Å². The number of urea groups is 1. The number of nitrogens with zero attached hydrogens (tertiary/aromatic N) is 5. The summed E-state index contributed by atoms with van der Waals surface area (Å²) in [7, 11) is 1.90. The van der Waals surface area contributed by atoms with E-state index in [1.807, 2.05) is 43.1 Å². The van der Waals surface area contributed by atoms with Crippen molar-refractivity contribution in [1.82, 2.24) is 29.7 Å². The standard InChI is InChI=1S/C26H38N8O4/c1-15(31-25(37)32-17-8-6-16(7-9-17)26(2,3)4)10-11-33(5)12-18-20(35)21(36)24(38-18)34-14-30-19-22(27)28-13-29-23(19)34/h6-9,13-15,18,20-21,24,35-36H,10-12H2,1-5H3,(H2,27,28,29)(H2,31,32,37)/t15-,18+,20-,21+,24+/m0/s1. The van der Waals surface area contributed by atoms with Gasteiger partial charge in [-0.05, 0) is 50.0 Å². The molecule has 0 radical (unpaired) electrons. The van der Waals surface area contributed by atoms with Crippen LogP contribution in [0.2, 0.25) is 0 Å².